The maximum atomic E-state index is 4.25. The number of hydrogen-bond donors (Lipinski definition) is 1. The van der Waals surface area contributed by atoms with Crippen molar-refractivity contribution in [2.24, 2.45) is 0 Å². The van der Waals surface area contributed by atoms with Crippen LogP contribution in [-0.2, 0) is 0 Å². The Morgan fingerprint density at radius 1 is 1.50 bits per heavy atom. The molecular formula is C4H11BS. The monoisotopic (exact) mass is 102 g/mol. The van der Waals surface area contributed by atoms with Gasteiger partial charge in [0.15, 0.2) is 0 Å². The lowest BCUT2D eigenvalue weighted by Crippen LogP contribution is -2.16. The molecule has 0 aliphatic rings. The van der Waals surface area contributed by atoms with Crippen molar-refractivity contribution in [3.8, 4) is 0 Å². The summed E-state index contributed by atoms with van der Waals surface area (Å²) in [6, 6.07) is 0. The number of thiol groups is 1. The lowest BCUT2D eigenvalue weighted by molar-refractivity contribution is 1.01. The Labute approximate surface area is 46.0 Å². The van der Waals surface area contributed by atoms with Gasteiger partial charge in [0.1, 0.15) is 7.28 Å². The Morgan fingerprint density at radius 2 is 1.67 bits per heavy atom. The molecule has 0 radical (unpaired) electrons. The highest BCUT2D eigenvalue weighted by Gasteiger charge is 2.06. The normalized spacial score (nSPS) is 11.3. The molecule has 0 heterocycles. The Kier molecular flexibility index (Phi) is 2.05. The summed E-state index contributed by atoms with van der Waals surface area (Å²) >= 11 is 4.25. The molecule has 0 N–H and O–H groups in total. The molecule has 36 valence electrons. The lowest BCUT2D eigenvalue weighted by atomic mass is 9.68. The molecule has 0 atom stereocenters. The fraction of sp³-hybridized carbons (Fsp3) is 1.00. The van der Waals surface area contributed by atoms with Crippen molar-refractivity contribution in [1.29, 1.82) is 0 Å². The van der Waals surface area contributed by atoms with Gasteiger partial charge < -0.3 is 0 Å². The van der Waals surface area contributed by atoms with Gasteiger partial charge in [0, 0.05) is 0 Å². The van der Waals surface area contributed by atoms with E-state index in [0.29, 0.717) is 0 Å². The van der Waals surface area contributed by atoms with E-state index in [1.54, 1.807) is 0 Å². The number of hydrogen-bond acceptors (Lipinski definition) is 1. The molecule has 0 rings (SSSR count). The third-order valence-corrected chi connectivity index (χ3v) is 1.18. The quantitative estimate of drug-likeness (QED) is 0.372. The van der Waals surface area contributed by atoms with Crippen LogP contribution in [-0.4, -0.2) is 11.9 Å². The van der Waals surface area contributed by atoms with Crippen molar-refractivity contribution >= 4 is 19.9 Å². The van der Waals surface area contributed by atoms with Gasteiger partial charge in [-0.25, -0.2) is 0 Å². The molecule has 0 aromatic carbocycles. The first kappa shape index (κ1) is 6.41. The van der Waals surface area contributed by atoms with Crippen LogP contribution in [0.4, 0.5) is 0 Å². The lowest BCUT2D eigenvalue weighted by Gasteiger charge is -2.10. The first-order chi connectivity index (χ1) is 2.56. The first-order valence-corrected chi connectivity index (χ1v) is 2.73. The van der Waals surface area contributed by atoms with Crippen LogP contribution in [0.3, 0.4) is 0 Å². The van der Waals surface area contributed by atoms with E-state index in [1.807, 2.05) is 0 Å². The molecule has 0 aliphatic carbocycles. The Bertz CT molecular complexity index is 37.3. The highest BCUT2D eigenvalue weighted by Crippen LogP contribution is 2.07. The highest BCUT2D eigenvalue weighted by atomic mass is 32.1. The van der Waals surface area contributed by atoms with Gasteiger partial charge >= 0.3 is 0 Å². The minimum atomic E-state index is 0.236. The minimum absolute atomic E-state index is 0.236. The van der Waals surface area contributed by atoms with Gasteiger partial charge in [-0.1, -0.05) is 20.7 Å². The fourth-order valence-electron chi connectivity index (χ4n) is 0. The summed E-state index contributed by atoms with van der Waals surface area (Å²) in [7, 11) is 1.14. The van der Waals surface area contributed by atoms with Crippen LogP contribution in [0.15, 0.2) is 0 Å². The largest absolute Gasteiger partial charge is 0.182 e. The van der Waals surface area contributed by atoms with E-state index in [4.69, 9.17) is 0 Å². The molecule has 0 aliphatic heterocycles. The van der Waals surface area contributed by atoms with Gasteiger partial charge in [-0.3, -0.25) is 0 Å². The second-order valence-electron chi connectivity index (χ2n) is 2.17. The zero-order valence-electron chi connectivity index (χ0n) is 4.65. The second-order valence-corrected chi connectivity index (χ2v) is 3.38. The van der Waals surface area contributed by atoms with Gasteiger partial charge in [0.2, 0.25) is 0 Å². The van der Waals surface area contributed by atoms with Gasteiger partial charge in [-0.2, -0.15) is 12.6 Å². The molecule has 0 bridgehead atoms. The molecule has 0 spiro atoms. The van der Waals surface area contributed by atoms with Gasteiger partial charge in [0.05, 0.1) is 0 Å². The van der Waals surface area contributed by atoms with Crippen LogP contribution >= 0.6 is 12.6 Å². The Balaban J connectivity index is 3.17. The van der Waals surface area contributed by atoms with Crippen LogP contribution < -0.4 is 0 Å². The van der Waals surface area contributed by atoms with E-state index in [9.17, 15) is 0 Å². The molecule has 0 aromatic heterocycles. The van der Waals surface area contributed by atoms with E-state index in [1.165, 1.54) is 0 Å². The van der Waals surface area contributed by atoms with Crippen molar-refractivity contribution in [1.82, 2.24) is 0 Å². The summed E-state index contributed by atoms with van der Waals surface area (Å²) in [5, 5.41) is 0. The van der Waals surface area contributed by atoms with Crippen LogP contribution in [0.1, 0.15) is 13.8 Å². The Morgan fingerprint density at radius 3 is 1.67 bits per heavy atom. The van der Waals surface area contributed by atoms with Crippen molar-refractivity contribution < 1.29 is 0 Å². The molecule has 0 unspecified atom stereocenters. The highest BCUT2D eigenvalue weighted by molar-refractivity contribution is 7.83. The topological polar surface area (TPSA) is 0 Å². The maximum absolute atomic E-state index is 4.25. The maximum Gasteiger partial charge on any atom is 0.136 e. The molecule has 2 heteroatoms. The van der Waals surface area contributed by atoms with Crippen LogP contribution in [0.25, 0.3) is 0 Å². The molecule has 0 amide bonds. The van der Waals surface area contributed by atoms with Crippen LogP contribution in [0.2, 0.25) is 6.82 Å². The van der Waals surface area contributed by atoms with Crippen molar-refractivity contribution in [2.45, 2.75) is 25.3 Å². The fourth-order valence-corrected chi connectivity index (χ4v) is 0. The number of rotatable bonds is 1. The van der Waals surface area contributed by atoms with Crippen molar-refractivity contribution in [3.63, 3.8) is 0 Å². The van der Waals surface area contributed by atoms with Crippen LogP contribution in [0, 0.1) is 0 Å². The molecule has 6 heavy (non-hydrogen) atoms. The van der Waals surface area contributed by atoms with Gasteiger partial charge in [0.25, 0.3) is 0 Å². The average molecular weight is 102 g/mol. The Hall–Kier alpha value is 0.415. The van der Waals surface area contributed by atoms with E-state index in [0.717, 1.165) is 7.28 Å². The molecular weight excluding hydrogens is 90.9 g/mol. The molecule has 0 nitrogen and oxygen atoms in total. The van der Waals surface area contributed by atoms with Crippen molar-refractivity contribution in [2.75, 3.05) is 0 Å². The van der Waals surface area contributed by atoms with Crippen molar-refractivity contribution in [3.05, 3.63) is 0 Å². The molecule has 0 saturated carbocycles. The third-order valence-electron chi connectivity index (χ3n) is 0.865. The van der Waals surface area contributed by atoms with E-state index in [2.05, 4.69) is 33.3 Å². The molecule has 0 saturated heterocycles. The second kappa shape index (κ2) is 1.92. The summed E-state index contributed by atoms with van der Waals surface area (Å²) in [4.78, 5) is 0. The zero-order chi connectivity index (χ0) is 5.21. The third kappa shape index (κ3) is 4.41. The summed E-state index contributed by atoms with van der Waals surface area (Å²) < 4.78 is 0.236. The summed E-state index contributed by atoms with van der Waals surface area (Å²) in [6.07, 6.45) is 0. The van der Waals surface area contributed by atoms with E-state index < -0.39 is 0 Å². The summed E-state index contributed by atoms with van der Waals surface area (Å²) in [6.45, 7) is 6.35. The summed E-state index contributed by atoms with van der Waals surface area (Å²) in [5.41, 5.74) is 0. The van der Waals surface area contributed by atoms with E-state index >= 15 is 0 Å². The summed E-state index contributed by atoms with van der Waals surface area (Å²) in [5.74, 6) is 0. The van der Waals surface area contributed by atoms with E-state index in [-0.39, 0.29) is 4.65 Å². The first-order valence-electron chi connectivity index (χ1n) is 2.28. The molecule has 0 fully saturated rings. The predicted octanol–water partition coefficient (Wildman–Crippen LogP) is 1.14. The van der Waals surface area contributed by atoms with Gasteiger partial charge in [-0.05, 0) is 4.65 Å². The standard InChI is InChI=1S/C4H11BS/c1-4(2,6)5-3/h5-6H,1-3H3. The SMILES string of the molecule is CBC(C)(C)S. The predicted molar refractivity (Wildman–Crippen MR) is 36.1 cm³/mol. The minimum Gasteiger partial charge on any atom is -0.182 e. The smallest absolute Gasteiger partial charge is 0.136 e. The average Bonchev–Trinajstić information content (AvgIpc) is 1.35. The molecule has 0 aromatic rings. The van der Waals surface area contributed by atoms with Gasteiger partial charge in [-0.15, -0.1) is 0 Å². The zero-order valence-corrected chi connectivity index (χ0v) is 5.55. The van der Waals surface area contributed by atoms with Crippen LogP contribution in [0.5, 0.6) is 0 Å².